The molecule has 3 heteroatoms. The van der Waals surface area contributed by atoms with Gasteiger partial charge in [-0.2, -0.15) is 0 Å². The van der Waals surface area contributed by atoms with Crippen molar-refractivity contribution >= 4 is 5.84 Å². The summed E-state index contributed by atoms with van der Waals surface area (Å²) >= 11 is 0. The molecule has 0 aromatic rings. The molecule has 70 valence electrons. The fourth-order valence-corrected chi connectivity index (χ4v) is 1.90. The average Bonchev–Trinajstić information content (AvgIpc) is 2.07. The lowest BCUT2D eigenvalue weighted by Gasteiger charge is -2.33. The molecule has 0 radical (unpaired) electrons. The van der Waals surface area contributed by atoms with Gasteiger partial charge in [-0.05, 0) is 32.4 Å². The van der Waals surface area contributed by atoms with E-state index in [1.165, 1.54) is 19.3 Å². The molecule has 0 aliphatic carbocycles. The second-order valence-electron chi connectivity index (χ2n) is 3.48. The maximum atomic E-state index is 7.42. The van der Waals surface area contributed by atoms with Crippen molar-refractivity contribution in [2.45, 2.75) is 38.6 Å². The molecule has 1 heterocycles. The highest BCUT2D eigenvalue weighted by molar-refractivity contribution is 5.82. The Labute approximate surface area is 74.4 Å². The Hall–Kier alpha value is -0.570. The molecule has 1 atom stereocenters. The van der Waals surface area contributed by atoms with E-state index in [0.717, 1.165) is 19.5 Å². The first-order chi connectivity index (χ1) is 5.75. The van der Waals surface area contributed by atoms with E-state index >= 15 is 0 Å². The van der Waals surface area contributed by atoms with Gasteiger partial charge in [0.1, 0.15) is 5.84 Å². The molecule has 0 aromatic carbocycles. The zero-order chi connectivity index (χ0) is 8.97. The van der Waals surface area contributed by atoms with Gasteiger partial charge in [-0.1, -0.05) is 13.3 Å². The van der Waals surface area contributed by atoms with E-state index in [0.29, 0.717) is 5.84 Å². The molecule has 1 unspecified atom stereocenters. The van der Waals surface area contributed by atoms with Crippen LogP contribution in [0.2, 0.25) is 0 Å². The largest absolute Gasteiger partial charge is 0.386 e. The van der Waals surface area contributed by atoms with Crippen molar-refractivity contribution in [2.75, 3.05) is 13.1 Å². The average molecular weight is 169 g/mol. The zero-order valence-electron chi connectivity index (χ0n) is 7.84. The van der Waals surface area contributed by atoms with E-state index in [1.54, 1.807) is 0 Å². The van der Waals surface area contributed by atoms with Crippen molar-refractivity contribution < 1.29 is 0 Å². The van der Waals surface area contributed by atoms with Gasteiger partial charge >= 0.3 is 0 Å². The number of nitrogens with zero attached hydrogens (tertiary/aromatic N) is 1. The molecule has 0 aromatic heterocycles. The molecule has 3 nitrogen and oxygen atoms in total. The number of nitrogens with two attached hydrogens (primary N) is 1. The lowest BCUT2D eigenvalue weighted by Crippen LogP contribution is -2.46. The van der Waals surface area contributed by atoms with Crippen LogP contribution in [0.3, 0.4) is 0 Å². The molecular formula is C9H19N3. The van der Waals surface area contributed by atoms with Gasteiger partial charge in [-0.15, -0.1) is 0 Å². The van der Waals surface area contributed by atoms with Crippen molar-refractivity contribution in [3.8, 4) is 0 Å². The Morgan fingerprint density at radius 3 is 2.42 bits per heavy atom. The summed E-state index contributed by atoms with van der Waals surface area (Å²) in [6.07, 6.45) is 4.84. The van der Waals surface area contributed by atoms with Crippen LogP contribution in [0.1, 0.15) is 32.6 Å². The maximum Gasteiger partial charge on any atom is 0.108 e. The van der Waals surface area contributed by atoms with Gasteiger partial charge in [0.2, 0.25) is 0 Å². The first kappa shape index (κ1) is 9.52. The highest BCUT2D eigenvalue weighted by Gasteiger charge is 2.20. The van der Waals surface area contributed by atoms with Gasteiger partial charge in [0.05, 0.1) is 6.04 Å². The summed E-state index contributed by atoms with van der Waals surface area (Å²) in [6.45, 7) is 4.34. The molecule has 0 amide bonds. The third-order valence-corrected chi connectivity index (χ3v) is 2.58. The minimum Gasteiger partial charge on any atom is -0.386 e. The van der Waals surface area contributed by atoms with Crippen LogP contribution < -0.4 is 5.73 Å². The minimum atomic E-state index is 0.199. The zero-order valence-corrected chi connectivity index (χ0v) is 7.84. The van der Waals surface area contributed by atoms with E-state index in [2.05, 4.69) is 11.8 Å². The Morgan fingerprint density at radius 2 is 2.00 bits per heavy atom. The van der Waals surface area contributed by atoms with Gasteiger partial charge in [0.25, 0.3) is 0 Å². The van der Waals surface area contributed by atoms with E-state index in [-0.39, 0.29) is 6.04 Å². The minimum absolute atomic E-state index is 0.199. The van der Waals surface area contributed by atoms with Crippen LogP contribution in [0.4, 0.5) is 0 Å². The maximum absolute atomic E-state index is 7.42. The molecule has 1 saturated heterocycles. The first-order valence-electron chi connectivity index (χ1n) is 4.83. The molecular weight excluding hydrogens is 150 g/mol. The molecule has 1 fully saturated rings. The SMILES string of the molecule is CCC(C(=N)N)N1CCCCC1. The lowest BCUT2D eigenvalue weighted by atomic mass is 10.1. The summed E-state index contributed by atoms with van der Waals surface area (Å²) in [5, 5.41) is 7.42. The standard InChI is InChI=1S/C9H19N3/c1-2-8(9(10)11)12-6-4-3-5-7-12/h8H,2-7H2,1H3,(H3,10,11). The number of rotatable bonds is 3. The fraction of sp³-hybridized carbons (Fsp3) is 0.889. The third-order valence-electron chi connectivity index (χ3n) is 2.58. The normalized spacial score (nSPS) is 22.1. The predicted octanol–water partition coefficient (Wildman–Crippen LogP) is 1.19. The Bertz CT molecular complexity index is 150. The molecule has 1 aliphatic heterocycles. The number of hydrogen-bond donors (Lipinski definition) is 2. The quantitative estimate of drug-likeness (QED) is 0.492. The molecule has 1 rings (SSSR count). The molecule has 12 heavy (non-hydrogen) atoms. The summed E-state index contributed by atoms with van der Waals surface area (Å²) in [7, 11) is 0. The van der Waals surface area contributed by atoms with Crippen molar-refractivity contribution in [1.82, 2.24) is 4.90 Å². The summed E-state index contributed by atoms with van der Waals surface area (Å²) in [5.41, 5.74) is 5.52. The van der Waals surface area contributed by atoms with Gasteiger partial charge in [-0.25, -0.2) is 0 Å². The van der Waals surface area contributed by atoms with Crippen molar-refractivity contribution in [3.63, 3.8) is 0 Å². The lowest BCUT2D eigenvalue weighted by molar-refractivity contribution is 0.196. The van der Waals surface area contributed by atoms with Crippen LogP contribution in [0.15, 0.2) is 0 Å². The van der Waals surface area contributed by atoms with E-state index < -0.39 is 0 Å². The van der Waals surface area contributed by atoms with Crippen molar-refractivity contribution in [2.24, 2.45) is 5.73 Å². The van der Waals surface area contributed by atoms with Gasteiger partial charge < -0.3 is 5.73 Å². The Morgan fingerprint density at radius 1 is 1.42 bits per heavy atom. The van der Waals surface area contributed by atoms with Crippen molar-refractivity contribution in [1.29, 1.82) is 5.41 Å². The highest BCUT2D eigenvalue weighted by atomic mass is 15.2. The Kier molecular flexibility index (Phi) is 3.53. The highest BCUT2D eigenvalue weighted by Crippen LogP contribution is 2.13. The number of amidine groups is 1. The summed E-state index contributed by atoms with van der Waals surface area (Å²) < 4.78 is 0. The smallest absolute Gasteiger partial charge is 0.108 e. The van der Waals surface area contributed by atoms with Crippen LogP contribution in [0, 0.1) is 5.41 Å². The molecule has 3 N–H and O–H groups in total. The molecule has 0 spiro atoms. The summed E-state index contributed by atoms with van der Waals surface area (Å²) in [4.78, 5) is 2.34. The van der Waals surface area contributed by atoms with E-state index in [1.807, 2.05) is 0 Å². The van der Waals surface area contributed by atoms with Crippen LogP contribution >= 0.6 is 0 Å². The third kappa shape index (κ3) is 2.21. The Balaban J connectivity index is 2.46. The molecule has 0 saturated carbocycles. The number of likely N-dealkylation sites (tertiary alicyclic amines) is 1. The second kappa shape index (κ2) is 4.45. The van der Waals surface area contributed by atoms with Crippen molar-refractivity contribution in [3.05, 3.63) is 0 Å². The number of nitrogens with one attached hydrogen (secondary N) is 1. The molecule has 1 aliphatic rings. The predicted molar refractivity (Wildman–Crippen MR) is 51.4 cm³/mol. The fourth-order valence-electron chi connectivity index (χ4n) is 1.90. The molecule has 0 bridgehead atoms. The van der Waals surface area contributed by atoms with Crippen LogP contribution in [0.25, 0.3) is 0 Å². The summed E-state index contributed by atoms with van der Waals surface area (Å²) in [6, 6.07) is 0.199. The van der Waals surface area contributed by atoms with Crippen LogP contribution in [-0.2, 0) is 0 Å². The number of hydrogen-bond acceptors (Lipinski definition) is 2. The van der Waals surface area contributed by atoms with Crippen LogP contribution in [0.5, 0.6) is 0 Å². The monoisotopic (exact) mass is 169 g/mol. The van der Waals surface area contributed by atoms with Crippen LogP contribution in [-0.4, -0.2) is 29.9 Å². The van der Waals surface area contributed by atoms with E-state index in [9.17, 15) is 0 Å². The van der Waals surface area contributed by atoms with Gasteiger partial charge in [0.15, 0.2) is 0 Å². The first-order valence-corrected chi connectivity index (χ1v) is 4.83. The van der Waals surface area contributed by atoms with E-state index in [4.69, 9.17) is 11.1 Å². The van der Waals surface area contributed by atoms with Gasteiger partial charge in [0, 0.05) is 0 Å². The summed E-state index contributed by atoms with van der Waals surface area (Å²) in [5.74, 6) is 0.333. The second-order valence-corrected chi connectivity index (χ2v) is 3.48. The topological polar surface area (TPSA) is 53.1 Å². The number of piperidine rings is 1. The van der Waals surface area contributed by atoms with Gasteiger partial charge in [-0.3, -0.25) is 10.3 Å².